The van der Waals surface area contributed by atoms with E-state index in [2.05, 4.69) is 6.92 Å². The fraction of sp³-hybridized carbons (Fsp3) is 0.714. The van der Waals surface area contributed by atoms with E-state index in [1.54, 1.807) is 0 Å². The molecule has 1 atom stereocenters. The Hall–Kier alpha value is -0.700. The Morgan fingerprint density at radius 1 is 1.80 bits per heavy atom. The second-order valence-electron chi connectivity index (χ2n) is 2.60. The van der Waals surface area contributed by atoms with Crippen molar-refractivity contribution in [3.63, 3.8) is 0 Å². The molecule has 1 fully saturated rings. The first kappa shape index (κ1) is 7.41. The van der Waals surface area contributed by atoms with Gasteiger partial charge in [0.2, 0.25) is 0 Å². The number of hydrogen-bond acceptors (Lipinski definition) is 3. The Labute approximate surface area is 60.9 Å². The summed E-state index contributed by atoms with van der Waals surface area (Å²) in [6.07, 6.45) is 1.11. The van der Waals surface area contributed by atoms with Crippen molar-refractivity contribution in [2.75, 3.05) is 20.3 Å². The third-order valence-electron chi connectivity index (χ3n) is 1.87. The van der Waals surface area contributed by atoms with E-state index in [1.807, 2.05) is 11.9 Å². The number of nitrogens with zero attached hydrogens (tertiary/aromatic N) is 1. The molecule has 58 valence electrons. The molecule has 0 amide bonds. The van der Waals surface area contributed by atoms with Gasteiger partial charge in [-0.3, -0.25) is 0 Å². The number of hydrogen-bond donors (Lipinski definition) is 1. The Morgan fingerprint density at radius 2 is 2.50 bits per heavy atom. The van der Waals surface area contributed by atoms with Gasteiger partial charge in [0.25, 0.3) is 0 Å². The Balaban J connectivity index is 2.60. The first-order chi connectivity index (χ1) is 4.75. The van der Waals surface area contributed by atoms with Crippen LogP contribution in [0.2, 0.25) is 0 Å². The van der Waals surface area contributed by atoms with Gasteiger partial charge in [-0.1, -0.05) is 0 Å². The van der Waals surface area contributed by atoms with Crippen LogP contribution < -0.4 is 0 Å². The molecular formula is C7H13NO2. The lowest BCUT2D eigenvalue weighted by Gasteiger charge is -2.33. The predicted molar refractivity (Wildman–Crippen MR) is 38.8 cm³/mol. The van der Waals surface area contributed by atoms with Gasteiger partial charge >= 0.3 is 0 Å². The minimum atomic E-state index is 0.368. The summed E-state index contributed by atoms with van der Waals surface area (Å²) in [6, 6.07) is 0.368. The summed E-state index contributed by atoms with van der Waals surface area (Å²) in [6.45, 7) is 3.33. The first-order valence-corrected chi connectivity index (χ1v) is 3.39. The average Bonchev–Trinajstić information content (AvgIpc) is 1.95. The van der Waals surface area contributed by atoms with Crippen LogP contribution in [0.1, 0.15) is 6.92 Å². The van der Waals surface area contributed by atoms with Crippen LogP contribution in [0.15, 0.2) is 12.0 Å². The van der Waals surface area contributed by atoms with E-state index in [0.717, 1.165) is 18.6 Å². The summed E-state index contributed by atoms with van der Waals surface area (Å²) in [5, 5.41) is 8.70. The van der Waals surface area contributed by atoms with Crippen molar-refractivity contribution in [3.05, 3.63) is 12.0 Å². The molecule has 0 saturated carbocycles. The lowest BCUT2D eigenvalue weighted by molar-refractivity contribution is 0.0438. The maximum atomic E-state index is 8.70. The molecule has 1 heterocycles. The number of likely N-dealkylation sites (N-methyl/N-ethyl adjacent to an activating group) is 1. The van der Waals surface area contributed by atoms with Crippen molar-refractivity contribution in [1.82, 2.24) is 4.90 Å². The van der Waals surface area contributed by atoms with Crippen LogP contribution in [0.25, 0.3) is 0 Å². The van der Waals surface area contributed by atoms with Gasteiger partial charge in [-0.05, 0) is 6.92 Å². The van der Waals surface area contributed by atoms with Crippen molar-refractivity contribution in [2.24, 2.45) is 0 Å². The minimum Gasteiger partial charge on any atom is -0.514 e. The van der Waals surface area contributed by atoms with Crippen molar-refractivity contribution >= 4 is 0 Å². The molecule has 1 aliphatic rings. The van der Waals surface area contributed by atoms with Crippen molar-refractivity contribution < 1.29 is 9.84 Å². The molecule has 1 saturated heterocycles. The summed E-state index contributed by atoms with van der Waals surface area (Å²) >= 11 is 0. The quantitative estimate of drug-likeness (QED) is 0.507. The molecule has 0 spiro atoms. The van der Waals surface area contributed by atoms with Crippen LogP contribution in [-0.2, 0) is 4.74 Å². The van der Waals surface area contributed by atoms with Gasteiger partial charge < -0.3 is 14.7 Å². The highest BCUT2D eigenvalue weighted by atomic mass is 16.5. The largest absolute Gasteiger partial charge is 0.514 e. The van der Waals surface area contributed by atoms with Gasteiger partial charge in [0.05, 0.1) is 18.9 Å². The van der Waals surface area contributed by atoms with Crippen LogP contribution in [-0.4, -0.2) is 36.3 Å². The van der Waals surface area contributed by atoms with Gasteiger partial charge in [0, 0.05) is 13.1 Å². The van der Waals surface area contributed by atoms with Crippen LogP contribution in [0, 0.1) is 0 Å². The zero-order chi connectivity index (χ0) is 7.56. The van der Waals surface area contributed by atoms with Gasteiger partial charge in [0.1, 0.15) is 6.26 Å². The molecule has 0 aliphatic carbocycles. The molecule has 0 bridgehead atoms. The van der Waals surface area contributed by atoms with Crippen molar-refractivity contribution in [2.45, 2.75) is 13.0 Å². The molecular weight excluding hydrogens is 130 g/mol. The summed E-state index contributed by atoms with van der Waals surface area (Å²) < 4.78 is 5.19. The van der Waals surface area contributed by atoms with Crippen LogP contribution in [0.4, 0.5) is 0 Å². The lowest BCUT2D eigenvalue weighted by Crippen LogP contribution is -2.38. The molecule has 10 heavy (non-hydrogen) atoms. The predicted octanol–water partition coefficient (Wildman–Crippen LogP) is 0.736. The van der Waals surface area contributed by atoms with Crippen LogP contribution >= 0.6 is 0 Å². The second-order valence-corrected chi connectivity index (χ2v) is 2.60. The van der Waals surface area contributed by atoms with Gasteiger partial charge in [-0.2, -0.15) is 0 Å². The zero-order valence-electron chi connectivity index (χ0n) is 6.37. The van der Waals surface area contributed by atoms with E-state index in [1.165, 1.54) is 0 Å². The topological polar surface area (TPSA) is 32.7 Å². The van der Waals surface area contributed by atoms with Crippen LogP contribution in [0.5, 0.6) is 0 Å². The summed E-state index contributed by atoms with van der Waals surface area (Å²) in [5.41, 5.74) is 0.846. The SMILES string of the molecule is CC1COC/C(=C\O)N1C. The average molecular weight is 143 g/mol. The molecule has 0 aromatic rings. The van der Waals surface area contributed by atoms with Gasteiger partial charge in [-0.25, -0.2) is 0 Å². The van der Waals surface area contributed by atoms with E-state index < -0.39 is 0 Å². The highest BCUT2D eigenvalue weighted by molar-refractivity contribution is 5.00. The minimum absolute atomic E-state index is 0.368. The Morgan fingerprint density at radius 3 is 3.00 bits per heavy atom. The number of morpholine rings is 1. The summed E-state index contributed by atoms with van der Waals surface area (Å²) in [4.78, 5) is 2.02. The fourth-order valence-corrected chi connectivity index (χ4v) is 0.959. The fourth-order valence-electron chi connectivity index (χ4n) is 0.959. The van der Waals surface area contributed by atoms with Crippen LogP contribution in [0.3, 0.4) is 0 Å². The molecule has 3 heteroatoms. The standard InChI is InChI=1S/C7H13NO2/c1-6-4-10-5-7(3-9)8(6)2/h3,6,9H,4-5H2,1-2H3/b7-3+. The highest BCUT2D eigenvalue weighted by Gasteiger charge is 2.17. The molecule has 1 rings (SSSR count). The van der Waals surface area contributed by atoms with Gasteiger partial charge in [-0.15, -0.1) is 0 Å². The molecule has 3 nitrogen and oxygen atoms in total. The number of aliphatic hydroxyl groups is 1. The second kappa shape index (κ2) is 2.92. The number of aliphatic hydroxyl groups excluding tert-OH is 1. The third kappa shape index (κ3) is 1.24. The van der Waals surface area contributed by atoms with Gasteiger partial charge in [0.15, 0.2) is 0 Å². The normalized spacial score (nSPS) is 31.2. The van der Waals surface area contributed by atoms with Crippen molar-refractivity contribution in [3.8, 4) is 0 Å². The summed E-state index contributed by atoms with van der Waals surface area (Å²) in [7, 11) is 1.95. The Bertz CT molecular complexity index is 145. The molecule has 1 aliphatic heterocycles. The Kier molecular flexibility index (Phi) is 2.17. The maximum Gasteiger partial charge on any atom is 0.101 e. The monoisotopic (exact) mass is 143 g/mol. The smallest absolute Gasteiger partial charge is 0.101 e. The van der Waals surface area contributed by atoms with E-state index in [9.17, 15) is 0 Å². The maximum absolute atomic E-state index is 8.70. The van der Waals surface area contributed by atoms with E-state index in [-0.39, 0.29) is 0 Å². The van der Waals surface area contributed by atoms with Crippen molar-refractivity contribution in [1.29, 1.82) is 0 Å². The first-order valence-electron chi connectivity index (χ1n) is 3.39. The molecule has 0 aromatic carbocycles. The number of rotatable bonds is 0. The molecule has 0 radical (unpaired) electrons. The summed E-state index contributed by atoms with van der Waals surface area (Å²) in [5.74, 6) is 0. The zero-order valence-corrected chi connectivity index (χ0v) is 6.37. The van der Waals surface area contributed by atoms with E-state index in [4.69, 9.17) is 9.84 Å². The lowest BCUT2D eigenvalue weighted by atomic mass is 10.2. The van der Waals surface area contributed by atoms with E-state index >= 15 is 0 Å². The third-order valence-corrected chi connectivity index (χ3v) is 1.87. The van der Waals surface area contributed by atoms with E-state index in [0.29, 0.717) is 12.6 Å². The molecule has 1 N–H and O–H groups in total. The molecule has 1 unspecified atom stereocenters. The number of ether oxygens (including phenoxy) is 1. The molecule has 0 aromatic heterocycles. The highest BCUT2D eigenvalue weighted by Crippen LogP contribution is 2.12.